The van der Waals surface area contributed by atoms with Gasteiger partial charge in [0, 0.05) is 32.0 Å². The molecule has 4 heteroatoms. The molecule has 0 aromatic carbocycles. The van der Waals surface area contributed by atoms with Crippen LogP contribution in [-0.2, 0) is 13.1 Å². The zero-order valence-corrected chi connectivity index (χ0v) is 9.45. The third-order valence-corrected chi connectivity index (χ3v) is 2.94. The van der Waals surface area contributed by atoms with Crippen molar-refractivity contribution in [1.82, 2.24) is 19.8 Å². The van der Waals surface area contributed by atoms with Crippen LogP contribution < -0.4 is 5.32 Å². The maximum absolute atomic E-state index is 4.41. The van der Waals surface area contributed by atoms with Gasteiger partial charge in [-0.15, -0.1) is 0 Å². The molecule has 1 aliphatic rings. The summed E-state index contributed by atoms with van der Waals surface area (Å²) in [5.74, 6) is 1.19. The van der Waals surface area contributed by atoms with E-state index in [1.165, 1.54) is 18.8 Å². The van der Waals surface area contributed by atoms with Crippen molar-refractivity contribution >= 4 is 0 Å². The molecule has 4 nitrogen and oxygen atoms in total. The molecule has 1 aromatic rings. The smallest absolute Gasteiger partial charge is 0.122 e. The molecule has 2 heterocycles. The van der Waals surface area contributed by atoms with Gasteiger partial charge < -0.3 is 9.88 Å². The zero-order valence-electron chi connectivity index (χ0n) is 9.45. The molecule has 15 heavy (non-hydrogen) atoms. The van der Waals surface area contributed by atoms with E-state index in [1.54, 1.807) is 0 Å². The molecule has 1 N–H and O–H groups in total. The normalized spacial score (nSPS) is 19.0. The van der Waals surface area contributed by atoms with E-state index >= 15 is 0 Å². The molecule has 0 bridgehead atoms. The summed E-state index contributed by atoms with van der Waals surface area (Å²) in [6.07, 6.45) is 5.20. The predicted molar refractivity (Wildman–Crippen MR) is 60.7 cm³/mol. The van der Waals surface area contributed by atoms with Gasteiger partial charge in [0.25, 0.3) is 0 Å². The summed E-state index contributed by atoms with van der Waals surface area (Å²) in [7, 11) is 0. The molecule has 1 saturated heterocycles. The van der Waals surface area contributed by atoms with Gasteiger partial charge in [0.1, 0.15) is 5.82 Å². The predicted octanol–water partition coefficient (Wildman–Crippen LogP) is 0.698. The van der Waals surface area contributed by atoms with E-state index < -0.39 is 0 Å². The van der Waals surface area contributed by atoms with Crippen LogP contribution in [0.25, 0.3) is 0 Å². The van der Waals surface area contributed by atoms with E-state index in [2.05, 4.69) is 32.9 Å². The highest BCUT2D eigenvalue weighted by atomic mass is 15.2. The van der Waals surface area contributed by atoms with Crippen LogP contribution in [0.4, 0.5) is 0 Å². The van der Waals surface area contributed by atoms with Gasteiger partial charge in [0.15, 0.2) is 0 Å². The summed E-state index contributed by atoms with van der Waals surface area (Å²) >= 11 is 0. The molecule has 0 spiro atoms. The van der Waals surface area contributed by atoms with Crippen LogP contribution in [0.1, 0.15) is 19.2 Å². The van der Waals surface area contributed by atoms with Crippen molar-refractivity contribution in [3.05, 3.63) is 18.2 Å². The molecule has 0 unspecified atom stereocenters. The molecule has 0 saturated carbocycles. The zero-order chi connectivity index (χ0) is 10.5. The van der Waals surface area contributed by atoms with Gasteiger partial charge in [0.05, 0.1) is 6.54 Å². The Morgan fingerprint density at radius 3 is 3.20 bits per heavy atom. The standard InChI is InChI=1S/C11H20N4/c1-2-15-9-6-13-11(15)10-14-7-3-4-12-5-8-14/h6,9,12H,2-5,7-8,10H2,1H3. The number of aromatic nitrogens is 2. The molecule has 1 fully saturated rings. The first-order valence-electron chi connectivity index (χ1n) is 5.83. The van der Waals surface area contributed by atoms with Crippen LogP contribution in [0.15, 0.2) is 12.4 Å². The summed E-state index contributed by atoms with van der Waals surface area (Å²) in [4.78, 5) is 6.89. The molecule has 0 radical (unpaired) electrons. The van der Waals surface area contributed by atoms with E-state index in [9.17, 15) is 0 Å². The van der Waals surface area contributed by atoms with Gasteiger partial charge in [-0.1, -0.05) is 0 Å². The van der Waals surface area contributed by atoms with Gasteiger partial charge in [-0.25, -0.2) is 4.98 Å². The summed E-state index contributed by atoms with van der Waals surface area (Å²) in [5.41, 5.74) is 0. The molecule has 0 aliphatic carbocycles. The number of aryl methyl sites for hydroxylation is 1. The van der Waals surface area contributed by atoms with Crippen LogP contribution >= 0.6 is 0 Å². The lowest BCUT2D eigenvalue weighted by atomic mass is 10.4. The van der Waals surface area contributed by atoms with E-state index in [0.717, 1.165) is 32.7 Å². The second kappa shape index (κ2) is 5.28. The molecule has 1 aliphatic heterocycles. The number of nitrogens with one attached hydrogen (secondary N) is 1. The molecular formula is C11H20N4. The van der Waals surface area contributed by atoms with Crippen LogP contribution in [-0.4, -0.2) is 40.6 Å². The average molecular weight is 208 g/mol. The van der Waals surface area contributed by atoms with Crippen LogP contribution in [0.5, 0.6) is 0 Å². The monoisotopic (exact) mass is 208 g/mol. The summed E-state index contributed by atoms with van der Waals surface area (Å²) in [6, 6.07) is 0. The summed E-state index contributed by atoms with van der Waals surface area (Å²) < 4.78 is 2.22. The van der Waals surface area contributed by atoms with Crippen molar-refractivity contribution in [3.63, 3.8) is 0 Å². The molecule has 1 aromatic heterocycles. The first-order valence-corrected chi connectivity index (χ1v) is 5.83. The number of rotatable bonds is 3. The number of imidazole rings is 1. The van der Waals surface area contributed by atoms with Crippen molar-refractivity contribution in [1.29, 1.82) is 0 Å². The topological polar surface area (TPSA) is 33.1 Å². The summed E-state index contributed by atoms with van der Waals surface area (Å²) in [6.45, 7) is 8.74. The third-order valence-electron chi connectivity index (χ3n) is 2.94. The summed E-state index contributed by atoms with van der Waals surface area (Å²) in [5, 5.41) is 3.42. The number of nitrogens with zero attached hydrogens (tertiary/aromatic N) is 3. The maximum Gasteiger partial charge on any atom is 0.122 e. The van der Waals surface area contributed by atoms with Crippen molar-refractivity contribution in [2.24, 2.45) is 0 Å². The third kappa shape index (κ3) is 2.79. The SMILES string of the molecule is CCn1ccnc1CN1CCCNCC1. The van der Waals surface area contributed by atoms with E-state index in [0.29, 0.717) is 0 Å². The Kier molecular flexibility index (Phi) is 3.75. The Bertz CT molecular complexity index is 287. The highest BCUT2D eigenvalue weighted by Gasteiger charge is 2.11. The highest BCUT2D eigenvalue weighted by molar-refractivity contribution is 4.92. The van der Waals surface area contributed by atoms with Crippen molar-refractivity contribution in [3.8, 4) is 0 Å². The fourth-order valence-corrected chi connectivity index (χ4v) is 2.04. The first-order chi connectivity index (χ1) is 7.40. The van der Waals surface area contributed by atoms with E-state index in [4.69, 9.17) is 0 Å². The Balaban J connectivity index is 1.94. The van der Waals surface area contributed by atoms with Crippen LogP contribution in [0.3, 0.4) is 0 Å². The van der Waals surface area contributed by atoms with Gasteiger partial charge in [-0.2, -0.15) is 0 Å². The largest absolute Gasteiger partial charge is 0.334 e. The minimum atomic E-state index is 0.989. The Labute approximate surface area is 91.3 Å². The lowest BCUT2D eigenvalue weighted by Crippen LogP contribution is -2.28. The molecule has 84 valence electrons. The van der Waals surface area contributed by atoms with Gasteiger partial charge in [-0.05, 0) is 26.4 Å². The molecular weight excluding hydrogens is 188 g/mol. The van der Waals surface area contributed by atoms with Crippen molar-refractivity contribution in [2.75, 3.05) is 26.2 Å². The lowest BCUT2D eigenvalue weighted by molar-refractivity contribution is 0.273. The number of hydrogen-bond donors (Lipinski definition) is 1. The van der Waals surface area contributed by atoms with Crippen LogP contribution in [0.2, 0.25) is 0 Å². The average Bonchev–Trinajstić information content (AvgIpc) is 2.53. The van der Waals surface area contributed by atoms with Crippen molar-refractivity contribution in [2.45, 2.75) is 26.4 Å². The second-order valence-corrected chi connectivity index (χ2v) is 4.01. The fourth-order valence-electron chi connectivity index (χ4n) is 2.04. The van der Waals surface area contributed by atoms with E-state index in [1.807, 2.05) is 6.20 Å². The van der Waals surface area contributed by atoms with Crippen LogP contribution in [0, 0.1) is 0 Å². The molecule has 2 rings (SSSR count). The first kappa shape index (κ1) is 10.6. The quantitative estimate of drug-likeness (QED) is 0.793. The second-order valence-electron chi connectivity index (χ2n) is 4.01. The van der Waals surface area contributed by atoms with E-state index in [-0.39, 0.29) is 0 Å². The fraction of sp³-hybridized carbons (Fsp3) is 0.727. The minimum absolute atomic E-state index is 0.989. The van der Waals surface area contributed by atoms with Gasteiger partial charge >= 0.3 is 0 Å². The highest BCUT2D eigenvalue weighted by Crippen LogP contribution is 2.04. The Morgan fingerprint density at radius 2 is 2.33 bits per heavy atom. The number of hydrogen-bond acceptors (Lipinski definition) is 3. The van der Waals surface area contributed by atoms with Gasteiger partial charge in [-0.3, -0.25) is 4.90 Å². The van der Waals surface area contributed by atoms with Crippen molar-refractivity contribution < 1.29 is 0 Å². The maximum atomic E-state index is 4.41. The Hall–Kier alpha value is -0.870. The Morgan fingerprint density at radius 1 is 1.40 bits per heavy atom. The molecule has 0 amide bonds. The minimum Gasteiger partial charge on any atom is -0.334 e. The molecule has 0 atom stereocenters. The van der Waals surface area contributed by atoms with Gasteiger partial charge in [0.2, 0.25) is 0 Å². The lowest BCUT2D eigenvalue weighted by Gasteiger charge is -2.19.